The number of ether oxygens (including phenoxy) is 1. The molecule has 0 bridgehead atoms. The Kier molecular flexibility index (Phi) is 6.66. The van der Waals surface area contributed by atoms with Gasteiger partial charge >= 0.3 is 5.97 Å². The molecule has 3 aromatic carbocycles. The lowest BCUT2D eigenvalue weighted by Crippen LogP contribution is -2.38. The van der Waals surface area contributed by atoms with Crippen molar-refractivity contribution < 1.29 is 27.4 Å². The number of benzene rings is 3. The van der Waals surface area contributed by atoms with Crippen LogP contribution in [-0.2, 0) is 20.2 Å². The van der Waals surface area contributed by atoms with Crippen molar-refractivity contribution in [3.63, 3.8) is 0 Å². The Morgan fingerprint density at radius 3 is 2.43 bits per heavy atom. The van der Waals surface area contributed by atoms with Crippen molar-refractivity contribution in [1.82, 2.24) is 0 Å². The second-order valence-electron chi connectivity index (χ2n) is 9.82. The Hall–Kier alpha value is -3.10. The fourth-order valence-corrected chi connectivity index (χ4v) is 7.40. The molecular formula is C28H27ClFNO5S. The standard InChI is InChI=1S/C28H27ClFNO5S/c1-18-13-21(7-10-26(18)36-16-27(32)33)37(34,35)31-17-28(11-3-2-4-12-28)22-14-19(6-9-25(22)31)20-5-8-24(30)23(29)15-20/h5-10,13-15H,2-4,11-12,16-17H2,1H3,(H,32,33). The van der Waals surface area contributed by atoms with E-state index in [1.807, 2.05) is 18.2 Å². The number of halogens is 2. The molecule has 1 aliphatic carbocycles. The molecule has 0 unspecified atom stereocenters. The lowest BCUT2D eigenvalue weighted by Gasteiger charge is -2.34. The van der Waals surface area contributed by atoms with E-state index in [2.05, 4.69) is 0 Å². The number of carboxylic acids is 1. The zero-order valence-electron chi connectivity index (χ0n) is 20.3. The molecule has 0 atom stereocenters. The third-order valence-electron chi connectivity index (χ3n) is 7.43. The lowest BCUT2D eigenvalue weighted by molar-refractivity contribution is -0.139. The molecule has 37 heavy (non-hydrogen) atoms. The molecule has 0 saturated heterocycles. The number of sulfonamides is 1. The number of hydrogen-bond donors (Lipinski definition) is 1. The Morgan fingerprint density at radius 1 is 1.05 bits per heavy atom. The van der Waals surface area contributed by atoms with Crippen LogP contribution in [0.25, 0.3) is 11.1 Å². The molecular weight excluding hydrogens is 517 g/mol. The van der Waals surface area contributed by atoms with Crippen LogP contribution in [0.4, 0.5) is 10.1 Å². The summed E-state index contributed by atoms with van der Waals surface area (Å²) in [5.41, 5.74) is 3.53. The van der Waals surface area contributed by atoms with Crippen LogP contribution in [0, 0.1) is 12.7 Å². The highest BCUT2D eigenvalue weighted by Gasteiger charge is 2.47. The van der Waals surface area contributed by atoms with Gasteiger partial charge in [0.15, 0.2) is 6.61 Å². The van der Waals surface area contributed by atoms with Crippen molar-refractivity contribution in [2.45, 2.75) is 49.3 Å². The van der Waals surface area contributed by atoms with E-state index >= 15 is 0 Å². The molecule has 2 aliphatic rings. The maximum atomic E-state index is 13.9. The summed E-state index contributed by atoms with van der Waals surface area (Å²) in [6, 6.07) is 14.8. The van der Waals surface area contributed by atoms with Gasteiger partial charge in [0.1, 0.15) is 11.6 Å². The van der Waals surface area contributed by atoms with Crippen LogP contribution in [0.1, 0.15) is 43.2 Å². The molecule has 9 heteroatoms. The van der Waals surface area contributed by atoms with Crippen LogP contribution in [0.3, 0.4) is 0 Å². The third kappa shape index (κ3) is 4.68. The van der Waals surface area contributed by atoms with Gasteiger partial charge in [-0.2, -0.15) is 0 Å². The number of nitrogens with zero attached hydrogens (tertiary/aromatic N) is 1. The molecule has 0 amide bonds. The Bertz CT molecular complexity index is 1480. The molecule has 5 rings (SSSR count). The number of rotatable bonds is 6. The molecule has 0 radical (unpaired) electrons. The largest absolute Gasteiger partial charge is 0.482 e. The van der Waals surface area contributed by atoms with Crippen LogP contribution in [0.5, 0.6) is 5.75 Å². The van der Waals surface area contributed by atoms with E-state index < -0.39 is 28.4 Å². The Labute approximate surface area is 220 Å². The first-order chi connectivity index (χ1) is 17.6. The fourth-order valence-electron chi connectivity index (χ4n) is 5.56. The summed E-state index contributed by atoms with van der Waals surface area (Å²) in [7, 11) is -3.90. The van der Waals surface area contributed by atoms with E-state index in [4.69, 9.17) is 21.4 Å². The average Bonchev–Trinajstić information content (AvgIpc) is 3.19. The van der Waals surface area contributed by atoms with Crippen LogP contribution in [-0.4, -0.2) is 32.6 Å². The van der Waals surface area contributed by atoms with Crippen molar-refractivity contribution in [3.8, 4) is 16.9 Å². The van der Waals surface area contributed by atoms with E-state index in [1.165, 1.54) is 28.6 Å². The van der Waals surface area contributed by atoms with Crippen LogP contribution >= 0.6 is 11.6 Å². The second kappa shape index (κ2) is 9.65. The number of aryl methyl sites for hydroxylation is 1. The van der Waals surface area contributed by atoms with E-state index in [0.717, 1.165) is 48.8 Å². The van der Waals surface area contributed by atoms with Gasteiger partial charge < -0.3 is 9.84 Å². The van der Waals surface area contributed by atoms with E-state index in [1.54, 1.807) is 19.1 Å². The van der Waals surface area contributed by atoms with E-state index in [-0.39, 0.29) is 15.3 Å². The van der Waals surface area contributed by atoms with Gasteiger partial charge in [-0.25, -0.2) is 17.6 Å². The Balaban J connectivity index is 1.55. The van der Waals surface area contributed by atoms with Crippen LogP contribution in [0.15, 0.2) is 59.5 Å². The molecule has 1 heterocycles. The normalized spacial score (nSPS) is 16.6. The van der Waals surface area contributed by atoms with Gasteiger partial charge in [0.2, 0.25) is 0 Å². The van der Waals surface area contributed by atoms with E-state index in [0.29, 0.717) is 23.5 Å². The Morgan fingerprint density at radius 2 is 1.76 bits per heavy atom. The molecule has 1 spiro atoms. The minimum Gasteiger partial charge on any atom is -0.482 e. The van der Waals surface area contributed by atoms with Gasteiger partial charge in [0.25, 0.3) is 10.0 Å². The third-order valence-corrected chi connectivity index (χ3v) is 9.48. The maximum Gasteiger partial charge on any atom is 0.341 e. The summed E-state index contributed by atoms with van der Waals surface area (Å²) in [6.07, 6.45) is 4.94. The number of carboxylic acid groups (broad SMARTS) is 1. The molecule has 1 fully saturated rings. The maximum absolute atomic E-state index is 13.9. The molecule has 0 aromatic heterocycles. The highest BCUT2D eigenvalue weighted by molar-refractivity contribution is 7.92. The predicted molar refractivity (Wildman–Crippen MR) is 140 cm³/mol. The quantitative estimate of drug-likeness (QED) is 0.393. The summed E-state index contributed by atoms with van der Waals surface area (Å²) in [5, 5.41) is 8.92. The van der Waals surface area contributed by atoms with Gasteiger partial charge in [-0.3, -0.25) is 4.31 Å². The van der Waals surface area contributed by atoms with Crippen LogP contribution in [0.2, 0.25) is 5.02 Å². The highest BCUT2D eigenvalue weighted by Crippen LogP contribution is 2.51. The first kappa shape index (κ1) is 25.5. The highest BCUT2D eigenvalue weighted by atomic mass is 35.5. The van der Waals surface area contributed by atoms with Gasteiger partial charge in [0, 0.05) is 12.0 Å². The fraction of sp³-hybridized carbons (Fsp3) is 0.321. The van der Waals surface area contributed by atoms with Gasteiger partial charge in [-0.1, -0.05) is 43.0 Å². The number of hydrogen-bond acceptors (Lipinski definition) is 4. The summed E-state index contributed by atoms with van der Waals surface area (Å²) in [4.78, 5) is 11.0. The minimum absolute atomic E-state index is 0.0423. The van der Waals surface area contributed by atoms with Gasteiger partial charge in [-0.05, 0) is 84.5 Å². The smallest absolute Gasteiger partial charge is 0.341 e. The molecule has 3 aromatic rings. The average molecular weight is 544 g/mol. The monoisotopic (exact) mass is 543 g/mol. The first-order valence-electron chi connectivity index (χ1n) is 12.2. The number of aliphatic carboxylic acids is 1. The first-order valence-corrected chi connectivity index (χ1v) is 14.0. The molecule has 1 saturated carbocycles. The minimum atomic E-state index is -3.90. The number of anilines is 1. The lowest BCUT2D eigenvalue weighted by atomic mass is 9.70. The molecule has 1 aliphatic heterocycles. The second-order valence-corrected chi connectivity index (χ2v) is 12.1. The van der Waals surface area contributed by atoms with Gasteiger partial charge in [0.05, 0.1) is 15.6 Å². The number of carbonyl (C=O) groups is 1. The van der Waals surface area contributed by atoms with Crippen LogP contribution < -0.4 is 9.04 Å². The zero-order valence-corrected chi connectivity index (χ0v) is 21.9. The number of fused-ring (bicyclic) bond motifs is 2. The van der Waals surface area contributed by atoms with Crippen molar-refractivity contribution in [1.29, 1.82) is 0 Å². The SMILES string of the molecule is Cc1cc(S(=O)(=O)N2CC3(CCCCC3)c3cc(-c4ccc(F)c(Cl)c4)ccc32)ccc1OCC(=O)O. The molecule has 6 nitrogen and oxygen atoms in total. The van der Waals surface area contributed by atoms with Crippen molar-refractivity contribution in [3.05, 3.63) is 76.6 Å². The zero-order chi connectivity index (χ0) is 26.4. The van der Waals surface area contributed by atoms with Crippen molar-refractivity contribution >= 4 is 33.3 Å². The summed E-state index contributed by atoms with van der Waals surface area (Å²) in [5.74, 6) is -1.26. The molecule has 194 valence electrons. The van der Waals surface area contributed by atoms with Gasteiger partial charge in [-0.15, -0.1) is 0 Å². The molecule has 1 N–H and O–H groups in total. The van der Waals surface area contributed by atoms with Crippen molar-refractivity contribution in [2.75, 3.05) is 17.5 Å². The van der Waals surface area contributed by atoms with E-state index in [9.17, 15) is 17.6 Å². The summed E-state index contributed by atoms with van der Waals surface area (Å²) >= 11 is 6.03. The van der Waals surface area contributed by atoms with Crippen molar-refractivity contribution in [2.24, 2.45) is 0 Å². The predicted octanol–water partition coefficient (Wildman–Crippen LogP) is 6.33. The topological polar surface area (TPSA) is 83.9 Å². The summed E-state index contributed by atoms with van der Waals surface area (Å²) < 4.78 is 48.4. The summed E-state index contributed by atoms with van der Waals surface area (Å²) in [6.45, 7) is 1.54.